The molecule has 0 aliphatic carbocycles. The fourth-order valence-electron chi connectivity index (χ4n) is 3.95. The molecular formula is C22H24N2O4. The Kier molecular flexibility index (Phi) is 5.30. The summed E-state index contributed by atoms with van der Waals surface area (Å²) in [5.41, 5.74) is 1.56. The Labute approximate surface area is 164 Å². The summed E-state index contributed by atoms with van der Waals surface area (Å²) in [6.45, 7) is 1.15. The number of rotatable bonds is 4. The molecule has 146 valence electrons. The van der Waals surface area contributed by atoms with Crippen LogP contribution in [0.1, 0.15) is 24.5 Å². The van der Waals surface area contributed by atoms with E-state index in [4.69, 9.17) is 4.74 Å². The summed E-state index contributed by atoms with van der Waals surface area (Å²) >= 11 is 0. The zero-order chi connectivity index (χ0) is 19.5. The van der Waals surface area contributed by atoms with Gasteiger partial charge in [0.1, 0.15) is 12.3 Å². The Morgan fingerprint density at radius 1 is 1.07 bits per heavy atom. The third kappa shape index (κ3) is 3.73. The molecule has 2 aliphatic heterocycles. The van der Waals surface area contributed by atoms with Crippen LogP contribution in [-0.4, -0.2) is 48.1 Å². The third-order valence-electron chi connectivity index (χ3n) is 5.58. The molecule has 1 atom stereocenters. The number of carbonyl (C=O) groups excluding carboxylic acids is 2. The summed E-state index contributed by atoms with van der Waals surface area (Å²) in [7, 11) is 0. The number of piperidine rings is 1. The van der Waals surface area contributed by atoms with E-state index in [-0.39, 0.29) is 30.9 Å². The van der Waals surface area contributed by atoms with E-state index < -0.39 is 6.10 Å². The number of anilines is 1. The molecule has 1 fully saturated rings. The number of hydrogen-bond acceptors (Lipinski definition) is 4. The van der Waals surface area contributed by atoms with Gasteiger partial charge in [-0.3, -0.25) is 14.5 Å². The Morgan fingerprint density at radius 3 is 2.50 bits per heavy atom. The van der Waals surface area contributed by atoms with Crippen molar-refractivity contribution in [3.05, 3.63) is 60.2 Å². The number of para-hydroxylation sites is 2. The highest BCUT2D eigenvalue weighted by Crippen LogP contribution is 2.33. The second kappa shape index (κ2) is 8.02. The highest BCUT2D eigenvalue weighted by atomic mass is 16.5. The van der Waals surface area contributed by atoms with Crippen LogP contribution in [0.4, 0.5) is 5.69 Å². The number of fused-ring (bicyclic) bond motifs is 1. The fraction of sp³-hybridized carbons (Fsp3) is 0.364. The van der Waals surface area contributed by atoms with Gasteiger partial charge in [0.25, 0.3) is 5.91 Å². The lowest BCUT2D eigenvalue weighted by Crippen LogP contribution is -2.48. The molecule has 2 amide bonds. The van der Waals surface area contributed by atoms with Gasteiger partial charge < -0.3 is 14.7 Å². The first-order valence-electron chi connectivity index (χ1n) is 9.66. The molecule has 4 rings (SSSR count). The van der Waals surface area contributed by atoms with Crippen LogP contribution in [0.3, 0.4) is 0 Å². The average molecular weight is 380 g/mol. The summed E-state index contributed by atoms with van der Waals surface area (Å²) in [6.07, 6.45) is 0.983. The summed E-state index contributed by atoms with van der Waals surface area (Å²) in [5, 5.41) is 10.6. The van der Waals surface area contributed by atoms with Crippen molar-refractivity contribution in [1.82, 2.24) is 4.90 Å². The van der Waals surface area contributed by atoms with E-state index in [0.717, 1.165) is 18.4 Å². The number of amides is 2. The molecule has 2 heterocycles. The summed E-state index contributed by atoms with van der Waals surface area (Å²) in [6, 6.07) is 16.9. The molecule has 0 saturated carbocycles. The largest absolute Gasteiger partial charge is 0.482 e. The first-order chi connectivity index (χ1) is 13.6. The summed E-state index contributed by atoms with van der Waals surface area (Å²) < 4.78 is 5.43. The number of aliphatic hydroxyl groups is 1. The van der Waals surface area contributed by atoms with E-state index in [2.05, 4.69) is 0 Å². The SMILES string of the molecule is O=C(CN1C(=O)COc2ccccc21)N1CCC(C(O)c2ccccc2)CC1. The maximum atomic E-state index is 12.8. The second-order valence-electron chi connectivity index (χ2n) is 7.31. The zero-order valence-electron chi connectivity index (χ0n) is 15.7. The van der Waals surface area contributed by atoms with Crippen molar-refractivity contribution in [2.75, 3.05) is 31.1 Å². The van der Waals surface area contributed by atoms with Gasteiger partial charge in [0.15, 0.2) is 6.61 Å². The van der Waals surface area contributed by atoms with E-state index in [0.29, 0.717) is 24.5 Å². The van der Waals surface area contributed by atoms with Gasteiger partial charge in [0, 0.05) is 13.1 Å². The number of likely N-dealkylation sites (tertiary alicyclic amines) is 1. The molecule has 2 aromatic carbocycles. The monoisotopic (exact) mass is 380 g/mol. The van der Waals surface area contributed by atoms with Gasteiger partial charge in [-0.05, 0) is 36.5 Å². The average Bonchev–Trinajstić information content (AvgIpc) is 2.76. The van der Waals surface area contributed by atoms with Crippen LogP contribution >= 0.6 is 0 Å². The first-order valence-corrected chi connectivity index (χ1v) is 9.66. The number of ether oxygens (including phenoxy) is 1. The molecule has 6 heteroatoms. The van der Waals surface area contributed by atoms with E-state index in [1.165, 1.54) is 4.90 Å². The Hall–Kier alpha value is -2.86. The predicted octanol–water partition coefficient (Wildman–Crippen LogP) is 2.38. The highest BCUT2D eigenvalue weighted by Gasteiger charge is 2.32. The Balaban J connectivity index is 1.36. The van der Waals surface area contributed by atoms with Gasteiger partial charge >= 0.3 is 0 Å². The molecule has 28 heavy (non-hydrogen) atoms. The number of aliphatic hydroxyl groups excluding tert-OH is 1. The van der Waals surface area contributed by atoms with Crippen molar-refractivity contribution in [2.24, 2.45) is 5.92 Å². The van der Waals surface area contributed by atoms with Crippen molar-refractivity contribution >= 4 is 17.5 Å². The van der Waals surface area contributed by atoms with Crippen molar-refractivity contribution in [3.63, 3.8) is 0 Å². The van der Waals surface area contributed by atoms with Gasteiger partial charge in [-0.25, -0.2) is 0 Å². The van der Waals surface area contributed by atoms with Gasteiger partial charge in [-0.2, -0.15) is 0 Å². The topological polar surface area (TPSA) is 70.1 Å². The number of benzene rings is 2. The van der Waals surface area contributed by atoms with Gasteiger partial charge in [0.05, 0.1) is 11.8 Å². The molecule has 6 nitrogen and oxygen atoms in total. The van der Waals surface area contributed by atoms with Crippen LogP contribution in [0.25, 0.3) is 0 Å². The maximum Gasteiger partial charge on any atom is 0.265 e. The van der Waals surface area contributed by atoms with E-state index in [9.17, 15) is 14.7 Å². The smallest absolute Gasteiger partial charge is 0.265 e. The molecule has 1 saturated heterocycles. The predicted molar refractivity (Wildman–Crippen MR) is 105 cm³/mol. The first kappa shape index (κ1) is 18.5. The molecule has 0 aromatic heterocycles. The molecule has 0 spiro atoms. The van der Waals surface area contributed by atoms with Gasteiger partial charge in [-0.1, -0.05) is 42.5 Å². The lowest BCUT2D eigenvalue weighted by molar-refractivity contribution is -0.133. The fourth-order valence-corrected chi connectivity index (χ4v) is 3.95. The molecule has 0 bridgehead atoms. The Morgan fingerprint density at radius 2 is 1.75 bits per heavy atom. The molecule has 1 N–H and O–H groups in total. The number of nitrogens with zero attached hydrogens (tertiary/aromatic N) is 2. The zero-order valence-corrected chi connectivity index (χ0v) is 15.7. The van der Waals surface area contributed by atoms with Crippen LogP contribution in [0.2, 0.25) is 0 Å². The van der Waals surface area contributed by atoms with Crippen LogP contribution in [0.15, 0.2) is 54.6 Å². The van der Waals surface area contributed by atoms with Crippen molar-refractivity contribution in [3.8, 4) is 5.75 Å². The minimum Gasteiger partial charge on any atom is -0.482 e. The minimum absolute atomic E-state index is 0.0190. The quantitative estimate of drug-likeness (QED) is 0.884. The van der Waals surface area contributed by atoms with Crippen molar-refractivity contribution in [1.29, 1.82) is 0 Å². The van der Waals surface area contributed by atoms with Crippen LogP contribution < -0.4 is 9.64 Å². The lowest BCUT2D eigenvalue weighted by atomic mass is 9.87. The van der Waals surface area contributed by atoms with Crippen LogP contribution in [-0.2, 0) is 9.59 Å². The molecule has 0 radical (unpaired) electrons. The number of carbonyl (C=O) groups is 2. The third-order valence-corrected chi connectivity index (χ3v) is 5.58. The highest BCUT2D eigenvalue weighted by molar-refractivity contribution is 6.02. The molecule has 2 aliphatic rings. The molecular weight excluding hydrogens is 356 g/mol. The van der Waals surface area contributed by atoms with Gasteiger partial charge in [0.2, 0.25) is 5.91 Å². The molecule has 1 unspecified atom stereocenters. The van der Waals surface area contributed by atoms with Crippen LogP contribution in [0.5, 0.6) is 5.75 Å². The van der Waals surface area contributed by atoms with Gasteiger partial charge in [-0.15, -0.1) is 0 Å². The standard InChI is InChI=1S/C22H24N2O4/c25-20(14-24-18-8-4-5-9-19(18)28-15-21(24)26)23-12-10-17(11-13-23)22(27)16-6-2-1-3-7-16/h1-9,17,22,27H,10-15H2. The lowest BCUT2D eigenvalue weighted by Gasteiger charge is -2.36. The van der Waals surface area contributed by atoms with E-state index in [1.807, 2.05) is 42.5 Å². The minimum atomic E-state index is -0.508. The van der Waals surface area contributed by atoms with Crippen molar-refractivity contribution in [2.45, 2.75) is 18.9 Å². The van der Waals surface area contributed by atoms with E-state index >= 15 is 0 Å². The number of hydrogen-bond donors (Lipinski definition) is 1. The van der Waals surface area contributed by atoms with E-state index in [1.54, 1.807) is 17.0 Å². The molecule has 2 aromatic rings. The van der Waals surface area contributed by atoms with Crippen LogP contribution in [0, 0.1) is 5.92 Å². The summed E-state index contributed by atoms with van der Waals surface area (Å²) in [4.78, 5) is 28.4. The normalized spacial score (nSPS) is 18.4. The van der Waals surface area contributed by atoms with Crippen molar-refractivity contribution < 1.29 is 19.4 Å². The Bertz CT molecular complexity index is 847. The summed E-state index contributed by atoms with van der Waals surface area (Å²) in [5.74, 6) is 0.482. The second-order valence-corrected chi connectivity index (χ2v) is 7.31. The maximum absolute atomic E-state index is 12.8.